The van der Waals surface area contributed by atoms with E-state index in [1.165, 1.54) is 31.4 Å². The average molecular weight is 580 g/mol. The van der Waals surface area contributed by atoms with E-state index in [0.29, 0.717) is 34.9 Å². The second-order valence-electron chi connectivity index (χ2n) is 8.68. The van der Waals surface area contributed by atoms with Crippen LogP contribution in [-0.2, 0) is 16.2 Å². The normalized spacial score (nSPS) is 13.6. The van der Waals surface area contributed by atoms with Crippen LogP contribution in [0.15, 0.2) is 66.4 Å². The third kappa shape index (κ3) is 6.95. The first kappa shape index (κ1) is 29.0. The Bertz CT molecular complexity index is 1520. The number of carbonyl (C=O) groups excluding carboxylic acids is 3. The van der Waals surface area contributed by atoms with Gasteiger partial charge in [-0.1, -0.05) is 35.9 Å². The number of nitrogens with one attached hydrogen (secondary N) is 2. The van der Waals surface area contributed by atoms with Crippen molar-refractivity contribution < 1.29 is 38.5 Å². The van der Waals surface area contributed by atoms with Crippen LogP contribution in [0.3, 0.4) is 0 Å². The first-order valence-corrected chi connectivity index (χ1v) is 12.8. The largest absolute Gasteiger partial charge is 0.495 e. The van der Waals surface area contributed by atoms with Crippen LogP contribution in [0.5, 0.6) is 17.2 Å². The van der Waals surface area contributed by atoms with Gasteiger partial charge in [-0.2, -0.15) is 0 Å². The number of halogens is 1. The predicted molar refractivity (Wildman–Crippen MR) is 150 cm³/mol. The Morgan fingerprint density at radius 2 is 1.78 bits per heavy atom. The van der Waals surface area contributed by atoms with Crippen LogP contribution < -0.4 is 24.8 Å². The van der Waals surface area contributed by atoms with Gasteiger partial charge in [0.1, 0.15) is 24.6 Å². The summed E-state index contributed by atoms with van der Waals surface area (Å²) in [6.45, 7) is 1.67. The summed E-state index contributed by atoms with van der Waals surface area (Å²) in [4.78, 5) is 49.9. The fourth-order valence-corrected chi connectivity index (χ4v) is 4.21. The number of methoxy groups -OCH3 is 1. The fourth-order valence-electron chi connectivity index (χ4n) is 3.94. The summed E-state index contributed by atoms with van der Waals surface area (Å²) in [5.41, 5.74) is 1.67. The van der Waals surface area contributed by atoms with Gasteiger partial charge in [-0.05, 0) is 60.5 Å². The van der Waals surface area contributed by atoms with Crippen LogP contribution in [-0.4, -0.2) is 54.1 Å². The molecule has 0 aliphatic carbocycles. The summed E-state index contributed by atoms with van der Waals surface area (Å²) < 4.78 is 16.8. The van der Waals surface area contributed by atoms with Crippen molar-refractivity contribution in [1.82, 2.24) is 10.2 Å². The van der Waals surface area contributed by atoms with Crippen molar-refractivity contribution in [2.45, 2.75) is 13.5 Å². The average Bonchev–Trinajstić information content (AvgIpc) is 3.20. The number of benzene rings is 3. The molecule has 0 aromatic heterocycles. The second kappa shape index (κ2) is 12.9. The number of aromatic carboxylic acids is 1. The Labute approximate surface area is 240 Å². The summed E-state index contributed by atoms with van der Waals surface area (Å²) >= 11 is 6.50. The van der Waals surface area contributed by atoms with Crippen molar-refractivity contribution in [3.63, 3.8) is 0 Å². The smallest absolute Gasteiger partial charge is 0.335 e. The molecule has 3 aromatic carbocycles. The lowest BCUT2D eigenvalue weighted by molar-refractivity contribution is -0.127. The van der Waals surface area contributed by atoms with Gasteiger partial charge in [-0.25, -0.2) is 14.5 Å². The van der Waals surface area contributed by atoms with Crippen LogP contribution in [0, 0.1) is 0 Å². The van der Waals surface area contributed by atoms with Crippen LogP contribution in [0.1, 0.15) is 28.4 Å². The molecular formula is C29H26ClN3O8. The van der Waals surface area contributed by atoms with Crippen molar-refractivity contribution in [2.24, 2.45) is 0 Å². The number of hydrogen-bond donors (Lipinski definition) is 3. The molecule has 4 rings (SSSR count). The molecule has 212 valence electrons. The van der Waals surface area contributed by atoms with Gasteiger partial charge >= 0.3 is 12.0 Å². The monoisotopic (exact) mass is 579 g/mol. The zero-order valence-electron chi connectivity index (χ0n) is 22.1. The van der Waals surface area contributed by atoms with Gasteiger partial charge in [0, 0.05) is 0 Å². The van der Waals surface area contributed by atoms with Crippen LogP contribution in [0.4, 0.5) is 10.5 Å². The van der Waals surface area contributed by atoms with Crippen LogP contribution in [0.2, 0.25) is 5.02 Å². The SMILES string of the molecule is CCOc1cc(/C=C2/NC(=O)N(CC(=O)Nc3ccccc3OC)C2=O)cc(Cl)c1OCc1ccc(C(=O)O)cc1. The lowest BCUT2D eigenvalue weighted by Crippen LogP contribution is -2.38. The molecule has 0 saturated carbocycles. The highest BCUT2D eigenvalue weighted by Crippen LogP contribution is 2.38. The van der Waals surface area contributed by atoms with Gasteiger partial charge < -0.3 is 30.0 Å². The minimum Gasteiger partial charge on any atom is -0.495 e. The Morgan fingerprint density at radius 1 is 1.05 bits per heavy atom. The molecule has 12 heteroatoms. The van der Waals surface area contributed by atoms with E-state index in [1.54, 1.807) is 49.4 Å². The summed E-state index contributed by atoms with van der Waals surface area (Å²) in [5, 5.41) is 14.4. The summed E-state index contributed by atoms with van der Waals surface area (Å²) in [6.07, 6.45) is 1.42. The zero-order chi connectivity index (χ0) is 29.5. The number of anilines is 1. The molecule has 11 nitrogen and oxygen atoms in total. The quantitative estimate of drug-likeness (QED) is 0.222. The number of urea groups is 1. The molecular weight excluding hydrogens is 554 g/mol. The molecule has 1 aliphatic heterocycles. The molecule has 41 heavy (non-hydrogen) atoms. The maximum absolute atomic E-state index is 13.0. The lowest BCUT2D eigenvalue weighted by atomic mass is 10.1. The van der Waals surface area contributed by atoms with Crippen molar-refractivity contribution in [2.75, 3.05) is 25.6 Å². The minimum atomic E-state index is -1.03. The van der Waals surface area contributed by atoms with Crippen LogP contribution in [0.25, 0.3) is 6.08 Å². The van der Waals surface area contributed by atoms with Crippen molar-refractivity contribution in [3.05, 3.63) is 88.1 Å². The minimum absolute atomic E-state index is 0.0502. The molecule has 0 radical (unpaired) electrons. The zero-order valence-corrected chi connectivity index (χ0v) is 22.9. The first-order chi connectivity index (χ1) is 19.7. The number of ether oxygens (including phenoxy) is 3. The maximum Gasteiger partial charge on any atom is 0.335 e. The highest BCUT2D eigenvalue weighted by molar-refractivity contribution is 6.32. The van der Waals surface area contributed by atoms with E-state index in [9.17, 15) is 19.2 Å². The van der Waals surface area contributed by atoms with E-state index in [4.69, 9.17) is 30.9 Å². The van der Waals surface area contributed by atoms with E-state index in [-0.39, 0.29) is 28.6 Å². The Balaban J connectivity index is 1.48. The van der Waals surface area contributed by atoms with E-state index in [1.807, 2.05) is 0 Å². The number of carboxylic acid groups (broad SMARTS) is 1. The molecule has 1 fully saturated rings. The number of amides is 4. The second-order valence-corrected chi connectivity index (χ2v) is 9.09. The Hall–Kier alpha value is -5.03. The third-order valence-electron chi connectivity index (χ3n) is 5.87. The number of para-hydroxylation sites is 2. The summed E-state index contributed by atoms with van der Waals surface area (Å²) in [6, 6.07) is 15.4. The molecule has 0 unspecified atom stereocenters. The fraction of sp³-hybridized carbons (Fsp3) is 0.172. The number of carbonyl (C=O) groups is 4. The van der Waals surface area contributed by atoms with Gasteiger partial charge in [0.15, 0.2) is 11.5 Å². The molecule has 1 aliphatic rings. The topological polar surface area (TPSA) is 144 Å². The van der Waals surface area contributed by atoms with Gasteiger partial charge in [-0.3, -0.25) is 9.59 Å². The number of rotatable bonds is 11. The Morgan fingerprint density at radius 3 is 2.46 bits per heavy atom. The van der Waals surface area contributed by atoms with Crippen molar-refractivity contribution >= 4 is 47.2 Å². The molecule has 3 N–H and O–H groups in total. The highest BCUT2D eigenvalue weighted by Gasteiger charge is 2.35. The maximum atomic E-state index is 13.0. The first-order valence-electron chi connectivity index (χ1n) is 12.4. The number of hydrogen-bond acceptors (Lipinski definition) is 7. The molecule has 1 saturated heterocycles. The molecule has 1 heterocycles. The third-order valence-corrected chi connectivity index (χ3v) is 6.15. The molecule has 0 atom stereocenters. The van der Waals surface area contributed by atoms with Gasteiger partial charge in [-0.15, -0.1) is 0 Å². The summed E-state index contributed by atoms with van der Waals surface area (Å²) in [5.74, 6) is -1.30. The van der Waals surface area contributed by atoms with E-state index < -0.39 is 30.4 Å². The number of carboxylic acids is 1. The van der Waals surface area contributed by atoms with Gasteiger partial charge in [0.25, 0.3) is 5.91 Å². The molecule has 4 amide bonds. The van der Waals surface area contributed by atoms with Gasteiger partial charge in [0.05, 0.1) is 30.0 Å². The van der Waals surface area contributed by atoms with Crippen molar-refractivity contribution in [3.8, 4) is 17.2 Å². The Kier molecular flexibility index (Phi) is 9.10. The lowest BCUT2D eigenvalue weighted by Gasteiger charge is -2.15. The molecule has 3 aromatic rings. The highest BCUT2D eigenvalue weighted by atomic mass is 35.5. The standard InChI is InChI=1S/C29H26ClN3O8/c1-3-40-24-14-18(12-20(30)26(24)41-16-17-8-10-19(11-9-17)28(36)37)13-22-27(35)33(29(38)32-22)15-25(34)31-21-6-4-5-7-23(21)39-2/h4-14H,3,15-16H2,1-2H3,(H,31,34)(H,32,38)(H,36,37)/b22-13+. The summed E-state index contributed by atoms with van der Waals surface area (Å²) in [7, 11) is 1.46. The molecule has 0 spiro atoms. The number of nitrogens with zero attached hydrogens (tertiary/aromatic N) is 1. The predicted octanol–water partition coefficient (Wildman–Crippen LogP) is 4.56. The van der Waals surface area contributed by atoms with Crippen molar-refractivity contribution in [1.29, 1.82) is 0 Å². The van der Waals surface area contributed by atoms with Gasteiger partial charge in [0.2, 0.25) is 5.91 Å². The molecule has 0 bridgehead atoms. The number of imide groups is 1. The van der Waals surface area contributed by atoms with E-state index >= 15 is 0 Å². The van der Waals surface area contributed by atoms with E-state index in [0.717, 1.165) is 4.90 Å². The van der Waals surface area contributed by atoms with Crippen LogP contribution >= 0.6 is 11.6 Å². The van der Waals surface area contributed by atoms with E-state index in [2.05, 4.69) is 10.6 Å².